The Hall–Kier alpha value is -1.21. The minimum Gasteiger partial charge on any atom is -0.375 e. The Morgan fingerprint density at radius 3 is 2.73 bits per heavy atom. The fourth-order valence-electron chi connectivity index (χ4n) is 0.865. The molecule has 0 aliphatic rings. The maximum atomic E-state index is 13.4. The van der Waals surface area contributed by atoms with Crippen molar-refractivity contribution < 1.29 is 9.18 Å². The van der Waals surface area contributed by atoms with Gasteiger partial charge >= 0.3 is 0 Å². The number of rotatable bonds is 1. The molecular formula is C8H7BrFN3OS. The summed E-state index contributed by atoms with van der Waals surface area (Å²) >= 11 is 7.44. The highest BCUT2D eigenvalue weighted by molar-refractivity contribution is 9.10. The Bertz CT molecular complexity index is 413. The van der Waals surface area contributed by atoms with Gasteiger partial charge in [-0.15, -0.1) is 0 Å². The zero-order chi connectivity index (χ0) is 11.4. The highest BCUT2D eigenvalue weighted by Crippen LogP contribution is 2.18. The van der Waals surface area contributed by atoms with E-state index in [1.165, 1.54) is 12.1 Å². The molecule has 0 unspecified atom stereocenters. The smallest absolute Gasteiger partial charge is 0.272 e. The number of thiocarbonyl (C=S) groups is 1. The molecule has 1 amide bonds. The topological polar surface area (TPSA) is 67.2 Å². The molecule has 0 radical (unpaired) electrons. The van der Waals surface area contributed by atoms with Crippen LogP contribution in [0, 0.1) is 5.82 Å². The molecule has 0 spiro atoms. The van der Waals surface area contributed by atoms with Gasteiger partial charge in [-0.1, -0.05) is 6.07 Å². The number of benzene rings is 1. The molecule has 1 aromatic carbocycles. The molecule has 4 N–H and O–H groups in total. The third-order valence-corrected chi connectivity index (χ3v) is 2.21. The van der Waals surface area contributed by atoms with Crippen LogP contribution in [0.25, 0.3) is 0 Å². The second kappa shape index (κ2) is 5.04. The summed E-state index contributed by atoms with van der Waals surface area (Å²) in [5.41, 5.74) is 9.35. The van der Waals surface area contributed by atoms with Gasteiger partial charge in [0.15, 0.2) is 5.11 Å². The summed E-state index contributed by atoms with van der Waals surface area (Å²) in [6.45, 7) is 0. The second-order valence-electron chi connectivity index (χ2n) is 2.54. The van der Waals surface area contributed by atoms with Gasteiger partial charge in [0, 0.05) is 0 Å². The molecule has 80 valence electrons. The molecule has 0 heterocycles. The summed E-state index contributed by atoms with van der Waals surface area (Å²) in [6.07, 6.45) is 0. The quantitative estimate of drug-likeness (QED) is 0.535. The normalized spacial score (nSPS) is 9.47. The van der Waals surface area contributed by atoms with Gasteiger partial charge in [0.1, 0.15) is 5.82 Å². The monoisotopic (exact) mass is 291 g/mol. The first-order chi connectivity index (χ1) is 7.02. The van der Waals surface area contributed by atoms with Crippen LogP contribution in [0.3, 0.4) is 0 Å². The number of hydrogen-bond donors (Lipinski definition) is 3. The predicted octanol–water partition coefficient (Wildman–Crippen LogP) is 1.07. The molecule has 0 saturated heterocycles. The van der Waals surface area contributed by atoms with Crippen LogP contribution in [0.4, 0.5) is 4.39 Å². The van der Waals surface area contributed by atoms with Gasteiger partial charge in [-0.05, 0) is 40.3 Å². The number of halogens is 2. The summed E-state index contributed by atoms with van der Waals surface area (Å²) in [6, 6.07) is 4.38. The van der Waals surface area contributed by atoms with Gasteiger partial charge in [-0.3, -0.25) is 15.6 Å². The Balaban J connectivity index is 2.82. The average molecular weight is 292 g/mol. The number of hydrazine groups is 1. The van der Waals surface area contributed by atoms with E-state index in [0.717, 1.165) is 0 Å². The van der Waals surface area contributed by atoms with Crippen LogP contribution in [0.15, 0.2) is 22.7 Å². The van der Waals surface area contributed by atoms with E-state index in [1.54, 1.807) is 6.07 Å². The van der Waals surface area contributed by atoms with E-state index in [0.29, 0.717) is 0 Å². The number of nitrogens with one attached hydrogen (secondary N) is 2. The number of nitrogens with two attached hydrogens (primary N) is 1. The number of hydrogen-bond acceptors (Lipinski definition) is 2. The molecule has 1 aromatic rings. The van der Waals surface area contributed by atoms with Gasteiger partial charge < -0.3 is 5.73 Å². The van der Waals surface area contributed by atoms with Crippen LogP contribution in [-0.4, -0.2) is 11.0 Å². The molecule has 0 fully saturated rings. The zero-order valence-electron chi connectivity index (χ0n) is 7.38. The van der Waals surface area contributed by atoms with Gasteiger partial charge in [0.05, 0.1) is 10.0 Å². The van der Waals surface area contributed by atoms with Crippen LogP contribution in [0.5, 0.6) is 0 Å². The molecule has 4 nitrogen and oxygen atoms in total. The first-order valence-electron chi connectivity index (χ1n) is 3.82. The highest BCUT2D eigenvalue weighted by Gasteiger charge is 2.13. The predicted molar refractivity (Wildman–Crippen MR) is 61.5 cm³/mol. The van der Waals surface area contributed by atoms with E-state index >= 15 is 0 Å². The molecule has 0 aromatic heterocycles. The number of carbonyl (C=O) groups excluding carboxylic acids is 1. The Morgan fingerprint density at radius 1 is 1.47 bits per heavy atom. The van der Waals surface area contributed by atoms with Crippen LogP contribution < -0.4 is 16.6 Å². The molecular weight excluding hydrogens is 285 g/mol. The third-order valence-electron chi connectivity index (χ3n) is 1.50. The maximum absolute atomic E-state index is 13.4. The average Bonchev–Trinajstić information content (AvgIpc) is 2.18. The van der Waals surface area contributed by atoms with Crippen molar-refractivity contribution in [3.05, 3.63) is 34.1 Å². The minimum atomic E-state index is -0.651. The van der Waals surface area contributed by atoms with E-state index in [1.807, 2.05) is 0 Å². The summed E-state index contributed by atoms with van der Waals surface area (Å²) in [7, 11) is 0. The lowest BCUT2D eigenvalue weighted by atomic mass is 10.2. The lowest BCUT2D eigenvalue weighted by Gasteiger charge is -2.07. The Kier molecular flexibility index (Phi) is 3.98. The van der Waals surface area contributed by atoms with E-state index in [2.05, 4.69) is 39.0 Å². The lowest BCUT2D eigenvalue weighted by molar-refractivity contribution is 0.0940. The largest absolute Gasteiger partial charge is 0.375 e. The number of amides is 1. The third kappa shape index (κ3) is 3.14. The fraction of sp³-hybridized carbons (Fsp3) is 0. The first kappa shape index (κ1) is 11.9. The van der Waals surface area contributed by atoms with Gasteiger partial charge in [-0.25, -0.2) is 4.39 Å². The van der Waals surface area contributed by atoms with Crippen molar-refractivity contribution in [2.24, 2.45) is 5.73 Å². The van der Waals surface area contributed by atoms with E-state index in [-0.39, 0.29) is 15.1 Å². The molecule has 0 atom stereocenters. The maximum Gasteiger partial charge on any atom is 0.272 e. The Morgan fingerprint density at radius 2 is 2.13 bits per heavy atom. The molecule has 1 rings (SSSR count). The molecule has 15 heavy (non-hydrogen) atoms. The summed E-state index contributed by atoms with van der Waals surface area (Å²) in [4.78, 5) is 11.4. The molecule has 7 heteroatoms. The summed E-state index contributed by atoms with van der Waals surface area (Å²) < 4.78 is 13.6. The zero-order valence-corrected chi connectivity index (χ0v) is 9.78. The van der Waals surface area contributed by atoms with Crippen LogP contribution in [0.2, 0.25) is 0 Å². The summed E-state index contributed by atoms with van der Waals surface area (Å²) in [5.74, 6) is -1.29. The van der Waals surface area contributed by atoms with Crippen molar-refractivity contribution in [2.75, 3.05) is 0 Å². The second-order valence-corrected chi connectivity index (χ2v) is 3.84. The van der Waals surface area contributed by atoms with Gasteiger partial charge in [0.2, 0.25) is 0 Å². The molecule has 0 saturated carbocycles. The minimum absolute atomic E-state index is 0.0984. The SMILES string of the molecule is NC(=S)NNC(=O)c1cccc(Br)c1F. The van der Waals surface area contributed by atoms with Crippen molar-refractivity contribution in [3.8, 4) is 0 Å². The molecule has 0 aliphatic carbocycles. The Labute approximate surface area is 99.1 Å². The van der Waals surface area contributed by atoms with E-state index < -0.39 is 11.7 Å². The van der Waals surface area contributed by atoms with Crippen molar-refractivity contribution in [1.29, 1.82) is 0 Å². The standard InChI is InChI=1S/C8H7BrFN3OS/c9-5-3-1-2-4(6(5)10)7(14)12-13-8(11)15/h1-3H,(H,12,14)(H3,11,13,15). The van der Waals surface area contributed by atoms with Crippen molar-refractivity contribution in [3.63, 3.8) is 0 Å². The highest BCUT2D eigenvalue weighted by atomic mass is 79.9. The van der Waals surface area contributed by atoms with Crippen LogP contribution in [-0.2, 0) is 0 Å². The fourth-order valence-corrected chi connectivity index (χ4v) is 1.28. The van der Waals surface area contributed by atoms with Crippen LogP contribution >= 0.6 is 28.1 Å². The number of carbonyl (C=O) groups is 1. The van der Waals surface area contributed by atoms with E-state index in [4.69, 9.17) is 5.73 Å². The van der Waals surface area contributed by atoms with E-state index in [9.17, 15) is 9.18 Å². The first-order valence-corrected chi connectivity index (χ1v) is 5.02. The van der Waals surface area contributed by atoms with Crippen molar-refractivity contribution in [1.82, 2.24) is 10.9 Å². The van der Waals surface area contributed by atoms with Crippen LogP contribution in [0.1, 0.15) is 10.4 Å². The van der Waals surface area contributed by atoms with Crippen molar-refractivity contribution >= 4 is 39.2 Å². The van der Waals surface area contributed by atoms with Gasteiger partial charge in [-0.2, -0.15) is 0 Å². The van der Waals surface area contributed by atoms with Crippen molar-refractivity contribution in [2.45, 2.75) is 0 Å². The molecule has 0 aliphatic heterocycles. The lowest BCUT2D eigenvalue weighted by Crippen LogP contribution is -2.44. The molecule has 0 bridgehead atoms. The van der Waals surface area contributed by atoms with Gasteiger partial charge in [0.25, 0.3) is 5.91 Å². The summed E-state index contributed by atoms with van der Waals surface area (Å²) in [5, 5.41) is -0.0984.